The Morgan fingerprint density at radius 2 is 2.54 bits per heavy atom. The first-order chi connectivity index (χ1) is 6.27. The van der Waals surface area contributed by atoms with Gasteiger partial charge in [-0.25, -0.2) is 4.98 Å². The molecule has 1 unspecified atom stereocenters. The third-order valence-corrected chi connectivity index (χ3v) is 2.28. The summed E-state index contributed by atoms with van der Waals surface area (Å²) in [6, 6.07) is 0. The zero-order valence-electron chi connectivity index (χ0n) is 7.54. The van der Waals surface area contributed by atoms with Crippen molar-refractivity contribution in [3.63, 3.8) is 0 Å². The maximum Gasteiger partial charge on any atom is 0.191 e. The molecule has 70 valence electrons. The molecular weight excluding hydrogens is 168 g/mol. The molecule has 1 atom stereocenters. The van der Waals surface area contributed by atoms with Crippen LogP contribution in [0, 0.1) is 6.92 Å². The van der Waals surface area contributed by atoms with E-state index in [0.717, 1.165) is 12.2 Å². The molecule has 1 aliphatic rings. The molecule has 0 saturated carbocycles. The summed E-state index contributed by atoms with van der Waals surface area (Å²) in [5, 5.41) is 3.17. The van der Waals surface area contributed by atoms with E-state index >= 15 is 0 Å². The molecule has 1 saturated heterocycles. The van der Waals surface area contributed by atoms with E-state index in [9.17, 15) is 4.79 Å². The molecule has 1 fully saturated rings. The van der Waals surface area contributed by atoms with Crippen LogP contribution < -0.4 is 5.32 Å². The number of aromatic nitrogens is 1. The minimum Gasteiger partial charge on any atom is -0.449 e. The lowest BCUT2D eigenvalue weighted by atomic mass is 9.95. The van der Waals surface area contributed by atoms with E-state index < -0.39 is 0 Å². The Hall–Kier alpha value is -1.16. The van der Waals surface area contributed by atoms with Crippen molar-refractivity contribution in [1.82, 2.24) is 10.3 Å². The second-order valence-electron chi connectivity index (χ2n) is 3.26. The van der Waals surface area contributed by atoms with E-state index in [0.29, 0.717) is 18.9 Å². The molecule has 0 bridgehead atoms. The minimum atomic E-state index is -0.105. The number of oxazole rings is 1. The number of ketones is 1. The van der Waals surface area contributed by atoms with Crippen LogP contribution in [0.25, 0.3) is 0 Å². The van der Waals surface area contributed by atoms with E-state index in [1.807, 2.05) is 0 Å². The Morgan fingerprint density at radius 3 is 3.15 bits per heavy atom. The van der Waals surface area contributed by atoms with Crippen molar-refractivity contribution in [2.45, 2.75) is 19.3 Å². The van der Waals surface area contributed by atoms with Gasteiger partial charge in [0.05, 0.1) is 11.6 Å². The van der Waals surface area contributed by atoms with Crippen molar-refractivity contribution in [3.8, 4) is 0 Å². The van der Waals surface area contributed by atoms with Gasteiger partial charge in [0.1, 0.15) is 12.0 Å². The van der Waals surface area contributed by atoms with Crippen LogP contribution in [-0.4, -0.2) is 23.9 Å². The molecule has 0 amide bonds. The average molecular weight is 180 g/mol. The van der Waals surface area contributed by atoms with Gasteiger partial charge < -0.3 is 9.73 Å². The second-order valence-corrected chi connectivity index (χ2v) is 3.26. The van der Waals surface area contributed by atoms with Crippen molar-refractivity contribution in [2.24, 2.45) is 0 Å². The third kappa shape index (κ3) is 1.62. The van der Waals surface area contributed by atoms with Gasteiger partial charge in [-0.3, -0.25) is 4.79 Å². The summed E-state index contributed by atoms with van der Waals surface area (Å²) in [4.78, 5) is 15.6. The number of nitrogens with one attached hydrogen (secondary N) is 1. The van der Waals surface area contributed by atoms with Crippen LogP contribution in [0.3, 0.4) is 0 Å². The molecule has 1 N–H and O–H groups in total. The summed E-state index contributed by atoms with van der Waals surface area (Å²) in [5.74, 6) is 0.770. The summed E-state index contributed by atoms with van der Waals surface area (Å²) in [6.07, 6.45) is 2.17. The molecule has 4 nitrogen and oxygen atoms in total. The maximum absolute atomic E-state index is 11.5. The molecule has 4 heteroatoms. The van der Waals surface area contributed by atoms with Gasteiger partial charge in [0.25, 0.3) is 0 Å². The van der Waals surface area contributed by atoms with Crippen molar-refractivity contribution in [1.29, 1.82) is 0 Å². The van der Waals surface area contributed by atoms with Crippen molar-refractivity contribution >= 4 is 5.78 Å². The zero-order chi connectivity index (χ0) is 9.26. The van der Waals surface area contributed by atoms with Crippen LogP contribution in [0.4, 0.5) is 0 Å². The van der Waals surface area contributed by atoms with Crippen LogP contribution in [0.15, 0.2) is 10.7 Å². The van der Waals surface area contributed by atoms with Crippen molar-refractivity contribution in [2.75, 3.05) is 13.1 Å². The highest BCUT2D eigenvalue weighted by atomic mass is 16.3. The first-order valence-corrected chi connectivity index (χ1v) is 4.43. The van der Waals surface area contributed by atoms with Gasteiger partial charge in [0.15, 0.2) is 5.89 Å². The summed E-state index contributed by atoms with van der Waals surface area (Å²) in [5.41, 5.74) is 0.759. The van der Waals surface area contributed by atoms with E-state index in [-0.39, 0.29) is 11.7 Å². The molecule has 2 heterocycles. The largest absolute Gasteiger partial charge is 0.449 e. The fraction of sp³-hybridized carbons (Fsp3) is 0.556. The van der Waals surface area contributed by atoms with E-state index in [1.165, 1.54) is 0 Å². The van der Waals surface area contributed by atoms with Gasteiger partial charge >= 0.3 is 0 Å². The molecule has 13 heavy (non-hydrogen) atoms. The second kappa shape index (κ2) is 3.30. The van der Waals surface area contributed by atoms with Crippen LogP contribution >= 0.6 is 0 Å². The summed E-state index contributed by atoms with van der Waals surface area (Å²) in [6.45, 7) is 3.25. The highest BCUT2D eigenvalue weighted by Crippen LogP contribution is 2.19. The highest BCUT2D eigenvalue weighted by Gasteiger charge is 2.25. The number of carbonyl (C=O) groups is 1. The number of carbonyl (C=O) groups excluding carboxylic acids is 1. The monoisotopic (exact) mass is 180 g/mol. The van der Waals surface area contributed by atoms with E-state index in [2.05, 4.69) is 10.3 Å². The van der Waals surface area contributed by atoms with Crippen molar-refractivity contribution < 1.29 is 9.21 Å². The number of Topliss-reactive ketones (excluding diaryl/α,β-unsaturated/α-hetero) is 1. The molecular formula is C9H12N2O2. The first kappa shape index (κ1) is 8.44. The predicted octanol–water partition coefficient (Wildman–Crippen LogP) is 0.629. The Bertz CT molecular complexity index is 319. The molecule has 1 aromatic heterocycles. The van der Waals surface area contributed by atoms with E-state index in [4.69, 9.17) is 4.42 Å². The molecule has 1 aliphatic heterocycles. The van der Waals surface area contributed by atoms with Crippen LogP contribution in [0.5, 0.6) is 0 Å². The Kier molecular flexibility index (Phi) is 2.14. The molecule has 1 aromatic rings. The third-order valence-electron chi connectivity index (χ3n) is 2.28. The van der Waals surface area contributed by atoms with Gasteiger partial charge in [-0.05, 0) is 0 Å². The smallest absolute Gasteiger partial charge is 0.191 e. The van der Waals surface area contributed by atoms with Gasteiger partial charge in [0, 0.05) is 26.4 Å². The maximum atomic E-state index is 11.5. The molecule has 0 spiro atoms. The van der Waals surface area contributed by atoms with Gasteiger partial charge in [-0.2, -0.15) is 0 Å². The summed E-state index contributed by atoms with van der Waals surface area (Å²) < 4.78 is 5.07. The number of hydrogen-bond donors (Lipinski definition) is 1. The number of nitrogens with zero attached hydrogens (tertiary/aromatic N) is 1. The lowest BCUT2D eigenvalue weighted by Gasteiger charge is -2.19. The first-order valence-electron chi connectivity index (χ1n) is 4.43. The predicted molar refractivity (Wildman–Crippen MR) is 46.5 cm³/mol. The normalized spacial score (nSPS) is 23.5. The lowest BCUT2D eigenvalue weighted by Crippen LogP contribution is -2.35. The number of piperidine rings is 1. The Labute approximate surface area is 76.3 Å². The SMILES string of the molecule is Cc1nc(C2CNCCC2=O)co1. The molecule has 2 rings (SSSR count). The van der Waals surface area contributed by atoms with Crippen LogP contribution in [-0.2, 0) is 4.79 Å². The average Bonchev–Trinajstić information content (AvgIpc) is 2.53. The fourth-order valence-corrected chi connectivity index (χ4v) is 1.56. The van der Waals surface area contributed by atoms with Crippen molar-refractivity contribution in [3.05, 3.63) is 17.8 Å². The van der Waals surface area contributed by atoms with Gasteiger partial charge in [0.2, 0.25) is 0 Å². The minimum absolute atomic E-state index is 0.105. The number of aryl methyl sites for hydroxylation is 1. The fourth-order valence-electron chi connectivity index (χ4n) is 1.56. The van der Waals surface area contributed by atoms with Crippen LogP contribution in [0.1, 0.15) is 23.9 Å². The number of rotatable bonds is 1. The summed E-state index contributed by atoms with van der Waals surface area (Å²) in [7, 11) is 0. The Morgan fingerprint density at radius 1 is 1.69 bits per heavy atom. The van der Waals surface area contributed by atoms with Crippen LogP contribution in [0.2, 0.25) is 0 Å². The number of hydrogen-bond acceptors (Lipinski definition) is 4. The van der Waals surface area contributed by atoms with E-state index in [1.54, 1.807) is 13.2 Å². The lowest BCUT2D eigenvalue weighted by molar-refractivity contribution is -0.121. The van der Waals surface area contributed by atoms with Gasteiger partial charge in [-0.15, -0.1) is 0 Å². The topological polar surface area (TPSA) is 55.1 Å². The quantitative estimate of drug-likeness (QED) is 0.688. The molecule has 0 radical (unpaired) electrons. The highest BCUT2D eigenvalue weighted by molar-refractivity contribution is 5.86. The van der Waals surface area contributed by atoms with Gasteiger partial charge in [-0.1, -0.05) is 0 Å². The zero-order valence-corrected chi connectivity index (χ0v) is 7.54. The standard InChI is InChI=1S/C9H12N2O2/c1-6-11-8(5-13-6)7-4-10-3-2-9(7)12/h5,7,10H,2-4H2,1H3. The Balaban J connectivity index is 2.19. The molecule has 0 aromatic carbocycles. The summed E-state index contributed by atoms with van der Waals surface area (Å²) >= 11 is 0. The molecule has 0 aliphatic carbocycles.